The van der Waals surface area contributed by atoms with E-state index < -0.39 is 5.54 Å². The van der Waals surface area contributed by atoms with Gasteiger partial charge in [-0.3, -0.25) is 4.79 Å². The van der Waals surface area contributed by atoms with Crippen molar-refractivity contribution in [2.24, 2.45) is 0 Å². The molecule has 0 aromatic carbocycles. The highest BCUT2D eigenvalue weighted by atomic mass is 32.2. The molecule has 1 heterocycles. The first kappa shape index (κ1) is 18.4. The maximum absolute atomic E-state index is 11.8. The quantitative estimate of drug-likeness (QED) is 0.404. The standard InChI is InChI=1S/C14H25N3O2S2/c1-5-11-16-13(21-17-11)20-10-8-7-9-14(3,15-6-2)12(18)19-4/h15H,5-10H2,1-4H3. The van der Waals surface area contributed by atoms with Crippen LogP contribution >= 0.6 is 23.3 Å². The molecule has 0 amide bonds. The fourth-order valence-corrected chi connectivity index (χ4v) is 3.82. The lowest BCUT2D eigenvalue weighted by Crippen LogP contribution is -2.50. The molecule has 7 heteroatoms. The van der Waals surface area contributed by atoms with E-state index in [0.29, 0.717) is 0 Å². The fraction of sp³-hybridized carbons (Fsp3) is 0.786. The molecular weight excluding hydrogens is 306 g/mol. The van der Waals surface area contributed by atoms with E-state index in [9.17, 15) is 4.79 Å². The molecule has 0 radical (unpaired) electrons. The van der Waals surface area contributed by atoms with E-state index in [1.165, 1.54) is 18.6 Å². The Hall–Kier alpha value is -0.660. The van der Waals surface area contributed by atoms with Crippen LogP contribution in [0.4, 0.5) is 0 Å². The predicted molar refractivity (Wildman–Crippen MR) is 88.0 cm³/mol. The third kappa shape index (κ3) is 5.92. The van der Waals surface area contributed by atoms with Gasteiger partial charge in [-0.15, -0.1) is 0 Å². The number of esters is 1. The summed E-state index contributed by atoms with van der Waals surface area (Å²) in [7, 11) is 1.44. The first-order valence-electron chi connectivity index (χ1n) is 7.34. The number of methoxy groups -OCH3 is 1. The van der Waals surface area contributed by atoms with E-state index in [1.807, 2.05) is 13.8 Å². The van der Waals surface area contributed by atoms with E-state index in [1.54, 1.807) is 11.8 Å². The van der Waals surface area contributed by atoms with Crippen LogP contribution in [0.2, 0.25) is 0 Å². The van der Waals surface area contributed by atoms with Crippen molar-refractivity contribution in [2.75, 3.05) is 19.4 Å². The number of nitrogens with one attached hydrogen (secondary N) is 1. The second-order valence-electron chi connectivity index (χ2n) is 4.99. The van der Waals surface area contributed by atoms with Gasteiger partial charge >= 0.3 is 5.97 Å². The third-order valence-electron chi connectivity index (χ3n) is 3.27. The lowest BCUT2D eigenvalue weighted by atomic mass is 9.95. The van der Waals surface area contributed by atoms with Gasteiger partial charge in [0.1, 0.15) is 11.4 Å². The van der Waals surface area contributed by atoms with Crippen molar-refractivity contribution < 1.29 is 9.53 Å². The number of hydrogen-bond donors (Lipinski definition) is 1. The van der Waals surface area contributed by atoms with E-state index in [-0.39, 0.29) is 5.97 Å². The Labute approximate surface area is 135 Å². The van der Waals surface area contributed by atoms with Crippen molar-refractivity contribution in [1.29, 1.82) is 0 Å². The number of aromatic nitrogens is 2. The van der Waals surface area contributed by atoms with Crippen molar-refractivity contribution >= 4 is 29.3 Å². The van der Waals surface area contributed by atoms with Crippen LogP contribution in [0, 0.1) is 0 Å². The lowest BCUT2D eigenvalue weighted by Gasteiger charge is -2.27. The van der Waals surface area contributed by atoms with Crippen LogP contribution in [0.5, 0.6) is 0 Å². The summed E-state index contributed by atoms with van der Waals surface area (Å²) in [5, 5.41) is 3.23. The van der Waals surface area contributed by atoms with Crippen molar-refractivity contribution in [3.8, 4) is 0 Å². The Balaban J connectivity index is 2.29. The Morgan fingerprint density at radius 2 is 2.19 bits per heavy atom. The van der Waals surface area contributed by atoms with Crippen molar-refractivity contribution in [1.82, 2.24) is 14.7 Å². The van der Waals surface area contributed by atoms with Gasteiger partial charge in [0.2, 0.25) is 0 Å². The summed E-state index contributed by atoms with van der Waals surface area (Å²) in [5.41, 5.74) is -0.577. The summed E-state index contributed by atoms with van der Waals surface area (Å²) in [6, 6.07) is 0. The van der Waals surface area contributed by atoms with E-state index in [2.05, 4.69) is 21.6 Å². The van der Waals surface area contributed by atoms with Crippen LogP contribution in [0.15, 0.2) is 4.34 Å². The van der Waals surface area contributed by atoms with Gasteiger partial charge in [-0.05, 0) is 37.8 Å². The van der Waals surface area contributed by atoms with Gasteiger partial charge in [-0.2, -0.15) is 4.37 Å². The monoisotopic (exact) mass is 331 g/mol. The van der Waals surface area contributed by atoms with Crippen LogP contribution in [0.1, 0.15) is 45.9 Å². The van der Waals surface area contributed by atoms with Crippen LogP contribution < -0.4 is 5.32 Å². The van der Waals surface area contributed by atoms with E-state index >= 15 is 0 Å². The molecule has 0 saturated carbocycles. The number of rotatable bonds is 10. The van der Waals surface area contributed by atoms with Crippen LogP contribution in [-0.2, 0) is 16.0 Å². The predicted octanol–water partition coefficient (Wildman–Crippen LogP) is 2.90. The third-order valence-corrected chi connectivity index (χ3v) is 5.22. The highest BCUT2D eigenvalue weighted by molar-refractivity contribution is 8.00. The number of unbranched alkanes of at least 4 members (excludes halogenated alkanes) is 1. The van der Waals surface area contributed by atoms with Crippen molar-refractivity contribution in [3.63, 3.8) is 0 Å². The summed E-state index contributed by atoms with van der Waals surface area (Å²) < 4.78 is 10.2. The minimum Gasteiger partial charge on any atom is -0.468 e. The number of ether oxygens (including phenoxy) is 1. The number of carbonyl (C=O) groups is 1. The molecule has 0 saturated heterocycles. The molecule has 0 aliphatic carbocycles. The minimum absolute atomic E-state index is 0.186. The molecule has 0 bridgehead atoms. The number of hydrogen-bond acceptors (Lipinski definition) is 7. The molecule has 1 aromatic rings. The van der Waals surface area contributed by atoms with Crippen LogP contribution in [0.25, 0.3) is 0 Å². The SMILES string of the molecule is CCNC(C)(CCCCSc1nc(CC)ns1)C(=O)OC. The molecule has 21 heavy (non-hydrogen) atoms. The number of carbonyl (C=O) groups excluding carboxylic acids is 1. The molecule has 0 aliphatic rings. The highest BCUT2D eigenvalue weighted by Crippen LogP contribution is 2.23. The maximum atomic E-state index is 11.8. The molecule has 1 atom stereocenters. The molecule has 1 aromatic heterocycles. The number of aryl methyl sites for hydroxylation is 1. The molecule has 0 spiro atoms. The van der Waals surface area contributed by atoms with Crippen LogP contribution in [0.3, 0.4) is 0 Å². The number of nitrogens with zero attached hydrogens (tertiary/aromatic N) is 2. The first-order chi connectivity index (χ1) is 10.1. The molecule has 120 valence electrons. The second kappa shape index (κ2) is 9.38. The van der Waals surface area contributed by atoms with Gasteiger partial charge in [0.25, 0.3) is 0 Å². The zero-order valence-electron chi connectivity index (χ0n) is 13.3. The molecule has 0 aliphatic heterocycles. The second-order valence-corrected chi connectivity index (χ2v) is 7.08. The smallest absolute Gasteiger partial charge is 0.325 e. The van der Waals surface area contributed by atoms with Gasteiger partial charge in [-0.1, -0.05) is 32.0 Å². The summed E-state index contributed by atoms with van der Waals surface area (Å²) in [6.07, 6.45) is 3.69. The first-order valence-corrected chi connectivity index (χ1v) is 9.10. The Morgan fingerprint density at radius 1 is 1.43 bits per heavy atom. The molecule has 1 rings (SSSR count). The minimum atomic E-state index is -0.577. The maximum Gasteiger partial charge on any atom is 0.325 e. The van der Waals surface area contributed by atoms with Gasteiger partial charge in [0.05, 0.1) is 7.11 Å². The Morgan fingerprint density at radius 3 is 2.76 bits per heavy atom. The summed E-state index contributed by atoms with van der Waals surface area (Å²) >= 11 is 3.21. The fourth-order valence-electron chi connectivity index (χ4n) is 2.06. The summed E-state index contributed by atoms with van der Waals surface area (Å²) in [4.78, 5) is 16.3. The Bertz CT molecular complexity index is 440. The Kier molecular flexibility index (Phi) is 8.21. The zero-order chi connectivity index (χ0) is 15.7. The van der Waals surface area contributed by atoms with E-state index in [4.69, 9.17) is 4.74 Å². The largest absolute Gasteiger partial charge is 0.468 e. The van der Waals surface area contributed by atoms with Gasteiger partial charge in [0.15, 0.2) is 4.34 Å². The molecule has 0 fully saturated rings. The van der Waals surface area contributed by atoms with Crippen molar-refractivity contribution in [2.45, 2.75) is 56.3 Å². The van der Waals surface area contributed by atoms with Gasteiger partial charge < -0.3 is 10.1 Å². The number of thioether (sulfide) groups is 1. The molecule has 1 unspecified atom stereocenters. The average molecular weight is 332 g/mol. The molecule has 1 N–H and O–H groups in total. The zero-order valence-corrected chi connectivity index (χ0v) is 14.9. The topological polar surface area (TPSA) is 64.1 Å². The lowest BCUT2D eigenvalue weighted by molar-refractivity contribution is -0.148. The summed E-state index contributed by atoms with van der Waals surface area (Å²) in [5.74, 6) is 1.74. The van der Waals surface area contributed by atoms with Gasteiger partial charge in [0, 0.05) is 12.2 Å². The highest BCUT2D eigenvalue weighted by Gasteiger charge is 2.32. The summed E-state index contributed by atoms with van der Waals surface area (Å²) in [6.45, 7) is 6.72. The molecule has 5 nitrogen and oxygen atoms in total. The average Bonchev–Trinajstić information content (AvgIpc) is 2.94. The van der Waals surface area contributed by atoms with E-state index in [0.717, 1.165) is 48.1 Å². The molecular formula is C14H25N3O2S2. The van der Waals surface area contributed by atoms with Gasteiger partial charge in [-0.25, -0.2) is 4.98 Å². The number of likely N-dealkylation sites (N-methyl/N-ethyl adjacent to an activating group) is 1. The van der Waals surface area contributed by atoms with Crippen LogP contribution in [-0.4, -0.2) is 40.3 Å². The van der Waals surface area contributed by atoms with Crippen molar-refractivity contribution in [3.05, 3.63) is 5.82 Å². The normalized spacial score (nSPS) is 13.9.